The number of aliphatic hydroxyl groups excluding tert-OH is 1. The summed E-state index contributed by atoms with van der Waals surface area (Å²) in [6.07, 6.45) is 3.49. The Bertz CT molecular complexity index is 1160. The number of aliphatic hydroxyl groups is 1. The van der Waals surface area contributed by atoms with Gasteiger partial charge in [0.1, 0.15) is 0 Å². The van der Waals surface area contributed by atoms with E-state index in [0.29, 0.717) is 12.0 Å². The zero-order chi connectivity index (χ0) is 22.0. The Kier molecular flexibility index (Phi) is 5.58. The van der Waals surface area contributed by atoms with Crippen LogP contribution in [0.2, 0.25) is 0 Å². The zero-order valence-corrected chi connectivity index (χ0v) is 16.3. The first-order valence-electron chi connectivity index (χ1n) is 9.66. The lowest BCUT2D eigenvalue weighted by molar-refractivity contribution is -0.118. The molecule has 0 saturated heterocycles. The van der Waals surface area contributed by atoms with Crippen LogP contribution in [0, 0.1) is 11.6 Å². The van der Waals surface area contributed by atoms with Gasteiger partial charge in [-0.1, -0.05) is 36.4 Å². The normalized spacial score (nSPS) is 16.1. The minimum atomic E-state index is -1.14. The summed E-state index contributed by atoms with van der Waals surface area (Å²) in [5.74, 6) is -4.17. The lowest BCUT2D eigenvalue weighted by atomic mass is 9.94. The number of hydrogen-bond donors (Lipinski definition) is 1. The topological polar surface area (TPSA) is 70.5 Å². The van der Waals surface area contributed by atoms with E-state index >= 15 is 0 Å². The second-order valence-corrected chi connectivity index (χ2v) is 7.13. The average Bonchev–Trinajstić information content (AvgIpc) is 3.06. The van der Waals surface area contributed by atoms with Crippen molar-refractivity contribution >= 4 is 17.4 Å². The zero-order valence-electron chi connectivity index (χ0n) is 16.3. The Balaban J connectivity index is 1.72. The summed E-state index contributed by atoms with van der Waals surface area (Å²) in [6, 6.07) is 14.6. The molecule has 0 bridgehead atoms. The number of pyridine rings is 1. The highest BCUT2D eigenvalue weighted by molar-refractivity contribution is 6.16. The Morgan fingerprint density at radius 2 is 1.81 bits per heavy atom. The first-order chi connectivity index (χ1) is 15.0. The van der Waals surface area contributed by atoms with Gasteiger partial charge in [0, 0.05) is 30.6 Å². The number of carbonyl (C=O) groups excluding carboxylic acids is 2. The van der Waals surface area contributed by atoms with Crippen molar-refractivity contribution in [2.24, 2.45) is 0 Å². The molecule has 0 saturated carbocycles. The van der Waals surface area contributed by atoms with Crippen LogP contribution in [-0.4, -0.2) is 21.8 Å². The highest BCUT2D eigenvalue weighted by Crippen LogP contribution is 2.41. The van der Waals surface area contributed by atoms with Crippen molar-refractivity contribution in [3.63, 3.8) is 0 Å². The largest absolute Gasteiger partial charge is 0.503 e. The SMILES string of the molecule is O=C(CCc1ccccc1)C1=C(O)C(=O)N(c2ccc(F)c(F)c2)C1c1cccnc1. The summed E-state index contributed by atoms with van der Waals surface area (Å²) >= 11 is 0. The van der Waals surface area contributed by atoms with E-state index in [9.17, 15) is 23.5 Å². The summed E-state index contributed by atoms with van der Waals surface area (Å²) < 4.78 is 27.3. The number of ketones is 1. The molecule has 2 aromatic carbocycles. The molecule has 4 rings (SSSR count). The monoisotopic (exact) mass is 420 g/mol. The Morgan fingerprint density at radius 3 is 2.48 bits per heavy atom. The van der Waals surface area contributed by atoms with Gasteiger partial charge in [0.2, 0.25) is 0 Å². The highest BCUT2D eigenvalue weighted by atomic mass is 19.2. The van der Waals surface area contributed by atoms with E-state index in [0.717, 1.165) is 22.6 Å². The number of rotatable bonds is 6. The van der Waals surface area contributed by atoms with Gasteiger partial charge in [-0.05, 0) is 35.7 Å². The maximum absolute atomic E-state index is 13.9. The molecule has 1 aromatic heterocycles. The molecule has 0 radical (unpaired) electrons. The van der Waals surface area contributed by atoms with Gasteiger partial charge in [0.25, 0.3) is 5.91 Å². The molecule has 156 valence electrons. The van der Waals surface area contributed by atoms with Crippen molar-refractivity contribution < 1.29 is 23.5 Å². The fraction of sp³-hybridized carbons (Fsp3) is 0.125. The number of aromatic nitrogens is 1. The number of hydrogen-bond acceptors (Lipinski definition) is 4. The molecule has 31 heavy (non-hydrogen) atoms. The van der Waals surface area contributed by atoms with Crippen LogP contribution in [0.5, 0.6) is 0 Å². The summed E-state index contributed by atoms with van der Waals surface area (Å²) in [6.45, 7) is 0. The molecule has 1 atom stereocenters. The lowest BCUT2D eigenvalue weighted by Crippen LogP contribution is -2.31. The van der Waals surface area contributed by atoms with Crippen LogP contribution in [0.3, 0.4) is 0 Å². The molecule has 0 aliphatic carbocycles. The summed E-state index contributed by atoms with van der Waals surface area (Å²) in [7, 11) is 0. The smallest absolute Gasteiger partial charge is 0.294 e. The van der Waals surface area contributed by atoms with Crippen molar-refractivity contribution in [2.45, 2.75) is 18.9 Å². The van der Waals surface area contributed by atoms with E-state index in [4.69, 9.17) is 0 Å². The molecule has 1 unspecified atom stereocenters. The summed E-state index contributed by atoms with van der Waals surface area (Å²) in [4.78, 5) is 31.1. The molecule has 1 amide bonds. The first kappa shape index (κ1) is 20.4. The third-order valence-corrected chi connectivity index (χ3v) is 5.17. The molecule has 0 fully saturated rings. The van der Waals surface area contributed by atoms with Gasteiger partial charge in [0.15, 0.2) is 23.2 Å². The predicted molar refractivity (Wildman–Crippen MR) is 110 cm³/mol. The molecule has 5 nitrogen and oxygen atoms in total. The average molecular weight is 420 g/mol. The fourth-order valence-corrected chi connectivity index (χ4v) is 3.68. The maximum Gasteiger partial charge on any atom is 0.294 e. The number of nitrogens with zero attached hydrogens (tertiary/aromatic N) is 2. The fourth-order valence-electron chi connectivity index (χ4n) is 3.68. The van der Waals surface area contributed by atoms with Gasteiger partial charge in [0.05, 0.1) is 11.6 Å². The first-order valence-corrected chi connectivity index (χ1v) is 9.66. The molecule has 3 aromatic rings. The number of amides is 1. The van der Waals surface area contributed by atoms with E-state index in [1.165, 1.54) is 18.5 Å². The van der Waals surface area contributed by atoms with Crippen LogP contribution in [-0.2, 0) is 16.0 Å². The number of Topliss-reactive ketones (excluding diaryl/α,β-unsaturated/α-hetero) is 1. The van der Waals surface area contributed by atoms with Crippen molar-refractivity contribution in [2.75, 3.05) is 4.90 Å². The van der Waals surface area contributed by atoms with E-state index in [1.807, 2.05) is 30.3 Å². The minimum Gasteiger partial charge on any atom is -0.503 e. The number of anilines is 1. The van der Waals surface area contributed by atoms with Crippen molar-refractivity contribution in [3.8, 4) is 0 Å². The second kappa shape index (κ2) is 8.47. The van der Waals surface area contributed by atoms with Crippen molar-refractivity contribution in [3.05, 3.63) is 107 Å². The number of carbonyl (C=O) groups is 2. The molecule has 0 spiro atoms. The van der Waals surface area contributed by atoms with Crippen LogP contribution in [0.25, 0.3) is 0 Å². The summed E-state index contributed by atoms with van der Waals surface area (Å²) in [5.41, 5.74) is 1.34. The van der Waals surface area contributed by atoms with Gasteiger partial charge in [-0.2, -0.15) is 0 Å². The highest BCUT2D eigenvalue weighted by Gasteiger charge is 2.44. The van der Waals surface area contributed by atoms with E-state index in [1.54, 1.807) is 12.1 Å². The Morgan fingerprint density at radius 1 is 1.03 bits per heavy atom. The Labute approximate surface area is 177 Å². The molecular weight excluding hydrogens is 402 g/mol. The van der Waals surface area contributed by atoms with Crippen molar-refractivity contribution in [1.29, 1.82) is 0 Å². The molecule has 1 N–H and O–H groups in total. The van der Waals surface area contributed by atoms with E-state index in [-0.39, 0.29) is 17.7 Å². The number of aryl methyl sites for hydroxylation is 1. The minimum absolute atomic E-state index is 0.0233. The predicted octanol–water partition coefficient (Wildman–Crippen LogP) is 4.46. The number of halogens is 2. The number of benzene rings is 2. The molecule has 7 heteroatoms. The van der Waals surface area contributed by atoms with Crippen LogP contribution >= 0.6 is 0 Å². The van der Waals surface area contributed by atoms with Crippen LogP contribution in [0.4, 0.5) is 14.5 Å². The second-order valence-electron chi connectivity index (χ2n) is 7.13. The van der Waals surface area contributed by atoms with Gasteiger partial charge < -0.3 is 5.11 Å². The Hall–Kier alpha value is -3.87. The molecular formula is C24H18F2N2O3. The maximum atomic E-state index is 13.9. The standard InChI is InChI=1S/C24H18F2N2O3/c25-18-10-9-17(13-19(18)26)28-22(16-7-4-12-27-14-16)21(23(30)24(28)31)20(29)11-8-15-5-2-1-3-6-15/h1-7,9-10,12-14,22,30H,8,11H2. The van der Waals surface area contributed by atoms with Gasteiger partial charge in [-0.25, -0.2) is 8.78 Å². The van der Waals surface area contributed by atoms with E-state index < -0.39 is 35.1 Å². The molecule has 1 aliphatic rings. The molecule has 2 heterocycles. The third kappa shape index (κ3) is 3.94. The quantitative estimate of drug-likeness (QED) is 0.639. The van der Waals surface area contributed by atoms with Crippen LogP contribution < -0.4 is 4.90 Å². The van der Waals surface area contributed by atoms with E-state index in [2.05, 4.69) is 4.98 Å². The summed E-state index contributed by atoms with van der Waals surface area (Å²) in [5, 5.41) is 10.6. The molecule has 1 aliphatic heterocycles. The van der Waals surface area contributed by atoms with Crippen molar-refractivity contribution in [1.82, 2.24) is 4.98 Å². The lowest BCUT2D eigenvalue weighted by Gasteiger charge is -2.26. The van der Waals surface area contributed by atoms with Gasteiger partial charge >= 0.3 is 0 Å². The van der Waals surface area contributed by atoms with Gasteiger partial charge in [-0.15, -0.1) is 0 Å². The van der Waals surface area contributed by atoms with Crippen LogP contribution in [0.1, 0.15) is 23.6 Å². The van der Waals surface area contributed by atoms with Gasteiger partial charge in [-0.3, -0.25) is 19.5 Å². The van der Waals surface area contributed by atoms with Crippen LogP contribution in [0.15, 0.2) is 84.4 Å². The third-order valence-electron chi connectivity index (χ3n) is 5.17.